The second kappa shape index (κ2) is 13.1. The van der Waals surface area contributed by atoms with Crippen molar-refractivity contribution in [3.8, 4) is 16.9 Å². The van der Waals surface area contributed by atoms with Crippen LogP contribution < -0.4 is 9.64 Å². The summed E-state index contributed by atoms with van der Waals surface area (Å²) < 4.78 is 16.4. The van der Waals surface area contributed by atoms with Gasteiger partial charge in [-0.15, -0.1) is 0 Å². The number of benzene rings is 1. The average molecular weight is 467 g/mol. The summed E-state index contributed by atoms with van der Waals surface area (Å²) in [5, 5.41) is 0. The van der Waals surface area contributed by atoms with Crippen molar-refractivity contribution in [3.05, 3.63) is 47.7 Å². The first kappa shape index (κ1) is 25.8. The fourth-order valence-electron chi connectivity index (χ4n) is 4.05. The van der Waals surface area contributed by atoms with E-state index in [1.165, 1.54) is 7.11 Å². The molecule has 0 bridgehead atoms. The van der Waals surface area contributed by atoms with E-state index in [1.54, 1.807) is 0 Å². The molecule has 3 rings (SSSR count). The molecule has 1 aromatic heterocycles. The zero-order valence-electron chi connectivity index (χ0n) is 21.0. The van der Waals surface area contributed by atoms with Crippen LogP contribution in [0.25, 0.3) is 17.2 Å². The number of carbonyl (C=O) groups is 1. The quantitative estimate of drug-likeness (QED) is 0.310. The number of rotatable bonds is 11. The third-order valence-electron chi connectivity index (χ3n) is 5.76. The highest BCUT2D eigenvalue weighted by Gasteiger charge is 2.20. The number of hydrogen-bond donors (Lipinski definition) is 0. The Morgan fingerprint density at radius 2 is 1.91 bits per heavy atom. The van der Waals surface area contributed by atoms with Crippen molar-refractivity contribution >= 4 is 17.9 Å². The summed E-state index contributed by atoms with van der Waals surface area (Å²) in [4.78, 5) is 19.5. The lowest BCUT2D eigenvalue weighted by Crippen LogP contribution is -2.31. The van der Waals surface area contributed by atoms with Gasteiger partial charge in [-0.05, 0) is 55.0 Å². The molecule has 0 N–H and O–H groups in total. The van der Waals surface area contributed by atoms with Crippen molar-refractivity contribution < 1.29 is 19.0 Å². The Morgan fingerprint density at radius 3 is 2.62 bits per heavy atom. The molecule has 0 spiro atoms. The van der Waals surface area contributed by atoms with E-state index in [-0.39, 0.29) is 5.97 Å². The van der Waals surface area contributed by atoms with Crippen molar-refractivity contribution in [3.63, 3.8) is 0 Å². The number of methoxy groups -OCH3 is 1. The maximum atomic E-state index is 12.3. The van der Waals surface area contributed by atoms with E-state index in [2.05, 4.69) is 31.7 Å². The number of aromatic nitrogens is 1. The Hall–Kier alpha value is -2.86. The van der Waals surface area contributed by atoms with Gasteiger partial charge in [0.25, 0.3) is 0 Å². The molecule has 1 aliphatic heterocycles. The van der Waals surface area contributed by atoms with Gasteiger partial charge in [-0.1, -0.05) is 39.3 Å². The van der Waals surface area contributed by atoms with Gasteiger partial charge in [0.1, 0.15) is 18.2 Å². The van der Waals surface area contributed by atoms with Gasteiger partial charge < -0.3 is 19.1 Å². The highest BCUT2D eigenvalue weighted by Crippen LogP contribution is 2.31. The van der Waals surface area contributed by atoms with Crippen LogP contribution in [-0.2, 0) is 14.3 Å². The number of esters is 1. The van der Waals surface area contributed by atoms with Crippen LogP contribution in [0.15, 0.2) is 42.1 Å². The Morgan fingerprint density at radius 1 is 1.12 bits per heavy atom. The van der Waals surface area contributed by atoms with Gasteiger partial charge in [0.05, 0.1) is 13.7 Å². The second-order valence-electron chi connectivity index (χ2n) is 9.08. The van der Waals surface area contributed by atoms with Gasteiger partial charge in [-0.25, -0.2) is 9.78 Å². The smallest absolute Gasteiger partial charge is 0.333 e. The average Bonchev–Trinajstić information content (AvgIpc) is 2.83. The highest BCUT2D eigenvalue weighted by atomic mass is 16.5. The van der Waals surface area contributed by atoms with E-state index >= 15 is 0 Å². The number of pyridine rings is 1. The molecular weight excluding hydrogens is 428 g/mol. The van der Waals surface area contributed by atoms with Gasteiger partial charge in [0.15, 0.2) is 0 Å². The Labute approximate surface area is 203 Å². The Bertz CT molecular complexity index is 953. The maximum Gasteiger partial charge on any atom is 0.333 e. The highest BCUT2D eigenvalue weighted by molar-refractivity contribution is 5.95. The maximum absolute atomic E-state index is 12.3. The van der Waals surface area contributed by atoms with Gasteiger partial charge in [0, 0.05) is 42.6 Å². The summed E-state index contributed by atoms with van der Waals surface area (Å²) in [6, 6.07) is 10.1. The van der Waals surface area contributed by atoms with Crippen molar-refractivity contribution in [1.82, 2.24) is 4.98 Å². The first-order valence-corrected chi connectivity index (χ1v) is 12.4. The van der Waals surface area contributed by atoms with Crippen molar-refractivity contribution in [1.29, 1.82) is 0 Å². The van der Waals surface area contributed by atoms with Crippen molar-refractivity contribution in [2.24, 2.45) is 5.92 Å². The van der Waals surface area contributed by atoms with E-state index in [4.69, 9.17) is 19.2 Å². The van der Waals surface area contributed by atoms with E-state index in [0.717, 1.165) is 67.2 Å². The normalized spacial score (nSPS) is 13.7. The molecule has 0 fully saturated rings. The lowest BCUT2D eigenvalue weighted by molar-refractivity contribution is -0.136. The summed E-state index contributed by atoms with van der Waals surface area (Å²) in [5.41, 5.74) is 3.69. The molecule has 1 aliphatic rings. The molecule has 184 valence electrons. The molecular formula is C28H38N2O4. The lowest BCUT2D eigenvalue weighted by Gasteiger charge is -2.29. The zero-order valence-corrected chi connectivity index (χ0v) is 21.0. The zero-order chi connectivity index (χ0) is 24.3. The first-order valence-electron chi connectivity index (χ1n) is 12.4. The summed E-state index contributed by atoms with van der Waals surface area (Å²) in [6.45, 7) is 10.3. The number of nitrogens with zero attached hydrogens (tertiary/aromatic N) is 2. The molecule has 0 saturated heterocycles. The monoisotopic (exact) mass is 466 g/mol. The SMILES string of the molecule is CCCCOCCOc1ccc(-c2cnc3c(c2)C=C(C(=O)OC)CCCN3CC(C)C)cc1. The Balaban J connectivity index is 1.79. The molecule has 0 unspecified atom stereocenters. The van der Waals surface area contributed by atoms with Gasteiger partial charge in [0.2, 0.25) is 0 Å². The number of carbonyl (C=O) groups excluding carboxylic acids is 1. The third kappa shape index (κ3) is 7.32. The number of anilines is 1. The molecule has 2 aromatic rings. The fourth-order valence-corrected chi connectivity index (χ4v) is 4.05. The van der Waals surface area contributed by atoms with E-state index in [0.29, 0.717) is 31.1 Å². The first-order chi connectivity index (χ1) is 16.5. The van der Waals surface area contributed by atoms with Crippen LogP contribution in [0.5, 0.6) is 5.75 Å². The van der Waals surface area contributed by atoms with Crippen molar-refractivity contribution in [2.75, 3.05) is 44.9 Å². The summed E-state index contributed by atoms with van der Waals surface area (Å²) in [7, 11) is 1.43. The van der Waals surface area contributed by atoms with Gasteiger partial charge >= 0.3 is 5.97 Å². The number of unbranched alkanes of at least 4 members (excludes halogenated alkanes) is 1. The summed E-state index contributed by atoms with van der Waals surface area (Å²) in [6.07, 6.45) is 7.66. The van der Waals surface area contributed by atoms with E-state index in [9.17, 15) is 4.79 Å². The number of ether oxygens (including phenoxy) is 3. The topological polar surface area (TPSA) is 60.9 Å². The van der Waals surface area contributed by atoms with E-state index < -0.39 is 0 Å². The number of hydrogen-bond acceptors (Lipinski definition) is 6. The largest absolute Gasteiger partial charge is 0.491 e. The predicted molar refractivity (Wildman–Crippen MR) is 137 cm³/mol. The molecule has 34 heavy (non-hydrogen) atoms. The molecule has 0 amide bonds. The molecule has 2 heterocycles. The number of fused-ring (bicyclic) bond motifs is 1. The van der Waals surface area contributed by atoms with Crippen LogP contribution in [0, 0.1) is 5.92 Å². The predicted octanol–water partition coefficient (Wildman–Crippen LogP) is 5.76. The molecule has 0 atom stereocenters. The molecule has 0 aliphatic carbocycles. The van der Waals surface area contributed by atoms with Crippen molar-refractivity contribution in [2.45, 2.75) is 46.5 Å². The molecule has 6 heteroatoms. The van der Waals surface area contributed by atoms with Crippen LogP contribution in [-0.4, -0.2) is 51.0 Å². The fraction of sp³-hybridized carbons (Fsp3) is 0.500. The van der Waals surface area contributed by atoms with Crippen LogP contribution in [0.3, 0.4) is 0 Å². The van der Waals surface area contributed by atoms with Crippen LogP contribution in [0.4, 0.5) is 5.82 Å². The minimum atomic E-state index is -0.270. The third-order valence-corrected chi connectivity index (χ3v) is 5.76. The standard InChI is InChI=1S/C28H38N2O4/c1-5-6-14-33-15-16-34-26-11-9-22(10-12-26)25-18-24-17-23(28(31)32-4)8-7-13-30(20-21(2)3)27(24)29-19-25/h9-12,17-19,21H,5-8,13-16,20H2,1-4H3. The van der Waals surface area contributed by atoms with Crippen LogP contribution in [0.1, 0.15) is 52.0 Å². The molecule has 6 nitrogen and oxygen atoms in total. The second-order valence-corrected chi connectivity index (χ2v) is 9.08. The van der Waals surface area contributed by atoms with Gasteiger partial charge in [-0.3, -0.25) is 0 Å². The molecule has 0 saturated carbocycles. The van der Waals surface area contributed by atoms with Crippen LogP contribution >= 0.6 is 0 Å². The van der Waals surface area contributed by atoms with E-state index in [1.807, 2.05) is 36.5 Å². The van der Waals surface area contributed by atoms with Gasteiger partial charge in [-0.2, -0.15) is 0 Å². The summed E-state index contributed by atoms with van der Waals surface area (Å²) in [5.74, 6) is 1.98. The minimum absolute atomic E-state index is 0.270. The lowest BCUT2D eigenvalue weighted by atomic mass is 9.99. The summed E-state index contributed by atoms with van der Waals surface area (Å²) >= 11 is 0. The molecule has 1 aromatic carbocycles. The van der Waals surface area contributed by atoms with Crippen LogP contribution in [0.2, 0.25) is 0 Å². The Kier molecular flexibility index (Phi) is 9.95. The minimum Gasteiger partial charge on any atom is -0.491 e. The molecule has 0 radical (unpaired) electrons.